The number of aliphatic hydroxyl groups is 1. The lowest BCUT2D eigenvalue weighted by atomic mass is 10.1. The van der Waals surface area contributed by atoms with Gasteiger partial charge in [-0.2, -0.15) is 0 Å². The first-order valence-corrected chi connectivity index (χ1v) is 8.02. The Morgan fingerprint density at radius 2 is 1.84 bits per heavy atom. The van der Waals surface area contributed by atoms with E-state index in [2.05, 4.69) is 6.92 Å². The molecule has 0 aliphatic carbocycles. The molecular weight excluding hydrogens is 262 g/mol. The van der Waals surface area contributed by atoms with Gasteiger partial charge < -0.3 is 5.11 Å². The predicted molar refractivity (Wildman–Crippen MR) is 76.5 cm³/mol. The van der Waals surface area contributed by atoms with Crippen LogP contribution in [0, 0.1) is 5.92 Å². The van der Waals surface area contributed by atoms with E-state index in [0.717, 1.165) is 12.0 Å². The van der Waals surface area contributed by atoms with Crippen LogP contribution in [-0.4, -0.2) is 38.0 Å². The fourth-order valence-corrected chi connectivity index (χ4v) is 3.09. The minimum atomic E-state index is -3.41. The largest absolute Gasteiger partial charge is 0.396 e. The Balaban J connectivity index is 2.87. The van der Waals surface area contributed by atoms with Crippen LogP contribution in [-0.2, 0) is 16.4 Å². The van der Waals surface area contributed by atoms with Gasteiger partial charge in [-0.05, 0) is 30.0 Å². The quantitative estimate of drug-likeness (QED) is 0.832. The molecule has 108 valence electrons. The summed E-state index contributed by atoms with van der Waals surface area (Å²) in [6.45, 7) is 4.68. The Hall–Kier alpha value is -0.910. The van der Waals surface area contributed by atoms with Gasteiger partial charge in [-0.25, -0.2) is 12.7 Å². The van der Waals surface area contributed by atoms with Crippen LogP contribution >= 0.6 is 0 Å². The third-order valence-corrected chi connectivity index (χ3v) is 5.14. The molecule has 0 spiro atoms. The second-order valence-corrected chi connectivity index (χ2v) is 6.96. The molecule has 0 heterocycles. The van der Waals surface area contributed by atoms with E-state index in [9.17, 15) is 8.42 Å². The number of benzene rings is 1. The monoisotopic (exact) mass is 285 g/mol. The van der Waals surface area contributed by atoms with Crippen molar-refractivity contribution in [1.82, 2.24) is 4.31 Å². The molecule has 0 aromatic heterocycles. The molecule has 5 heteroatoms. The first-order valence-electron chi connectivity index (χ1n) is 6.58. The van der Waals surface area contributed by atoms with Crippen LogP contribution in [0.15, 0.2) is 29.2 Å². The third kappa shape index (κ3) is 4.30. The molecule has 1 atom stereocenters. The highest BCUT2D eigenvalue weighted by Crippen LogP contribution is 2.17. The molecule has 19 heavy (non-hydrogen) atoms. The lowest BCUT2D eigenvalue weighted by Gasteiger charge is -2.20. The Labute approximate surface area is 116 Å². The Bertz CT molecular complexity index is 482. The summed E-state index contributed by atoms with van der Waals surface area (Å²) >= 11 is 0. The van der Waals surface area contributed by atoms with Crippen LogP contribution in [0.5, 0.6) is 0 Å². The highest BCUT2D eigenvalue weighted by molar-refractivity contribution is 7.89. The zero-order chi connectivity index (χ0) is 14.5. The predicted octanol–water partition coefficient (Wildman–Crippen LogP) is 1.89. The van der Waals surface area contributed by atoms with Gasteiger partial charge in [0.05, 0.1) is 4.90 Å². The van der Waals surface area contributed by atoms with Crippen molar-refractivity contribution >= 4 is 10.0 Å². The summed E-state index contributed by atoms with van der Waals surface area (Å²) in [5, 5.41) is 8.84. The van der Waals surface area contributed by atoms with E-state index < -0.39 is 10.0 Å². The van der Waals surface area contributed by atoms with E-state index in [4.69, 9.17) is 5.11 Å². The van der Waals surface area contributed by atoms with Gasteiger partial charge in [0.15, 0.2) is 0 Å². The topological polar surface area (TPSA) is 57.6 Å². The minimum absolute atomic E-state index is 0.0695. The van der Waals surface area contributed by atoms with Crippen LogP contribution in [0.3, 0.4) is 0 Å². The molecule has 0 aliphatic rings. The van der Waals surface area contributed by atoms with E-state index >= 15 is 0 Å². The molecule has 0 bridgehead atoms. The Kier molecular flexibility index (Phi) is 5.97. The van der Waals surface area contributed by atoms with Crippen LogP contribution < -0.4 is 0 Å². The molecule has 0 saturated heterocycles. The zero-order valence-corrected chi connectivity index (χ0v) is 12.7. The molecule has 1 N–H and O–H groups in total. The van der Waals surface area contributed by atoms with Crippen molar-refractivity contribution in [2.45, 2.75) is 31.6 Å². The highest BCUT2D eigenvalue weighted by Gasteiger charge is 2.21. The molecule has 1 rings (SSSR count). The molecule has 4 nitrogen and oxygen atoms in total. The minimum Gasteiger partial charge on any atom is -0.396 e. The van der Waals surface area contributed by atoms with Crippen molar-refractivity contribution in [3.05, 3.63) is 29.8 Å². The zero-order valence-electron chi connectivity index (χ0n) is 11.8. The normalized spacial score (nSPS) is 13.7. The molecule has 0 fully saturated rings. The van der Waals surface area contributed by atoms with Crippen LogP contribution in [0.4, 0.5) is 0 Å². The maximum atomic E-state index is 12.3. The standard InChI is InChI=1S/C14H23NO3S/c1-4-12(2)11-15(3)19(17,18)14-7-5-13(6-8-14)9-10-16/h5-8,12,16H,4,9-11H2,1-3H3. The molecule has 1 aromatic rings. The van der Waals surface area contributed by atoms with E-state index in [1.807, 2.05) is 6.92 Å². The van der Waals surface area contributed by atoms with Crippen molar-refractivity contribution in [2.24, 2.45) is 5.92 Å². The lowest BCUT2D eigenvalue weighted by Crippen LogP contribution is -2.31. The Morgan fingerprint density at radius 3 is 2.32 bits per heavy atom. The summed E-state index contributed by atoms with van der Waals surface area (Å²) in [4.78, 5) is 0.306. The van der Waals surface area contributed by atoms with Gasteiger partial charge in [-0.15, -0.1) is 0 Å². The Morgan fingerprint density at radius 1 is 1.26 bits per heavy atom. The van der Waals surface area contributed by atoms with E-state index in [1.54, 1.807) is 31.3 Å². The average Bonchev–Trinajstić information content (AvgIpc) is 2.39. The smallest absolute Gasteiger partial charge is 0.242 e. The molecule has 1 unspecified atom stereocenters. The highest BCUT2D eigenvalue weighted by atomic mass is 32.2. The number of sulfonamides is 1. The number of hydrogen-bond donors (Lipinski definition) is 1. The molecular formula is C14H23NO3S. The van der Waals surface area contributed by atoms with Crippen molar-refractivity contribution in [3.8, 4) is 0 Å². The number of aliphatic hydroxyl groups excluding tert-OH is 1. The van der Waals surface area contributed by atoms with Gasteiger partial charge >= 0.3 is 0 Å². The number of nitrogens with zero attached hydrogens (tertiary/aromatic N) is 1. The SMILES string of the molecule is CCC(C)CN(C)S(=O)(=O)c1ccc(CCO)cc1. The molecule has 0 aliphatic heterocycles. The third-order valence-electron chi connectivity index (χ3n) is 3.30. The van der Waals surface area contributed by atoms with Crippen LogP contribution in [0.25, 0.3) is 0 Å². The number of rotatable bonds is 7. The summed E-state index contributed by atoms with van der Waals surface area (Å²) in [7, 11) is -1.79. The average molecular weight is 285 g/mol. The summed E-state index contributed by atoms with van der Waals surface area (Å²) in [6, 6.07) is 6.71. The summed E-state index contributed by atoms with van der Waals surface area (Å²) in [6.07, 6.45) is 1.50. The molecule has 1 aromatic carbocycles. The second-order valence-electron chi connectivity index (χ2n) is 4.92. The van der Waals surface area contributed by atoms with Gasteiger partial charge in [0.25, 0.3) is 0 Å². The maximum Gasteiger partial charge on any atom is 0.242 e. The molecule has 0 radical (unpaired) electrons. The van der Waals surface area contributed by atoms with Gasteiger partial charge in [0, 0.05) is 20.2 Å². The first kappa shape index (κ1) is 16.1. The fraction of sp³-hybridized carbons (Fsp3) is 0.571. The first-order chi connectivity index (χ1) is 8.91. The summed E-state index contributed by atoms with van der Waals surface area (Å²) in [5.41, 5.74) is 0.936. The lowest BCUT2D eigenvalue weighted by molar-refractivity contribution is 0.299. The fourth-order valence-electron chi connectivity index (χ4n) is 1.80. The molecule has 0 saturated carbocycles. The van der Waals surface area contributed by atoms with E-state index in [-0.39, 0.29) is 6.61 Å². The van der Waals surface area contributed by atoms with Crippen LogP contribution in [0.2, 0.25) is 0 Å². The van der Waals surface area contributed by atoms with Gasteiger partial charge in [0.2, 0.25) is 10.0 Å². The van der Waals surface area contributed by atoms with Crippen molar-refractivity contribution in [2.75, 3.05) is 20.2 Å². The second kappa shape index (κ2) is 7.03. The number of hydrogen-bond acceptors (Lipinski definition) is 3. The van der Waals surface area contributed by atoms with Crippen molar-refractivity contribution < 1.29 is 13.5 Å². The van der Waals surface area contributed by atoms with Crippen molar-refractivity contribution in [3.63, 3.8) is 0 Å². The van der Waals surface area contributed by atoms with E-state index in [1.165, 1.54) is 4.31 Å². The van der Waals surface area contributed by atoms with Crippen LogP contribution in [0.1, 0.15) is 25.8 Å². The maximum absolute atomic E-state index is 12.3. The molecule has 0 amide bonds. The summed E-state index contributed by atoms with van der Waals surface area (Å²) < 4.78 is 26.1. The van der Waals surface area contributed by atoms with Gasteiger partial charge in [-0.3, -0.25) is 0 Å². The summed E-state index contributed by atoms with van der Waals surface area (Å²) in [5.74, 6) is 0.341. The van der Waals surface area contributed by atoms with Crippen molar-refractivity contribution in [1.29, 1.82) is 0 Å². The van der Waals surface area contributed by atoms with Gasteiger partial charge in [-0.1, -0.05) is 32.4 Å². The van der Waals surface area contributed by atoms with Gasteiger partial charge in [0.1, 0.15) is 0 Å². The van der Waals surface area contributed by atoms with E-state index in [0.29, 0.717) is 23.8 Å².